The lowest BCUT2D eigenvalue weighted by atomic mass is 9.75. The van der Waals surface area contributed by atoms with E-state index in [1.165, 1.54) is 0 Å². The van der Waals surface area contributed by atoms with E-state index in [0.29, 0.717) is 36.3 Å². The lowest BCUT2D eigenvalue weighted by Gasteiger charge is -2.43. The quantitative estimate of drug-likeness (QED) is 0.856. The molecule has 7 nitrogen and oxygen atoms in total. The predicted molar refractivity (Wildman–Crippen MR) is 87.8 cm³/mol. The second-order valence-corrected chi connectivity index (χ2v) is 7.08. The summed E-state index contributed by atoms with van der Waals surface area (Å²) in [4.78, 5) is 26.8. The second-order valence-electron chi connectivity index (χ2n) is 7.08. The topological polar surface area (TPSA) is 85.0 Å². The molecular formula is C17H23N5O2. The van der Waals surface area contributed by atoms with Gasteiger partial charge in [0, 0.05) is 38.3 Å². The van der Waals surface area contributed by atoms with Gasteiger partial charge in [0.25, 0.3) is 0 Å². The molecule has 0 aromatic carbocycles. The van der Waals surface area contributed by atoms with E-state index in [1.807, 2.05) is 4.90 Å². The van der Waals surface area contributed by atoms with E-state index in [-0.39, 0.29) is 11.3 Å². The van der Waals surface area contributed by atoms with Crippen LogP contribution in [-0.4, -0.2) is 44.0 Å². The number of aryl methyl sites for hydroxylation is 1. The first kappa shape index (κ1) is 16.5. The highest BCUT2D eigenvalue weighted by Crippen LogP contribution is 2.34. The van der Waals surface area contributed by atoms with Crippen molar-refractivity contribution in [3.63, 3.8) is 0 Å². The molecule has 1 aliphatic heterocycles. The maximum atomic E-state index is 12.5. The van der Waals surface area contributed by atoms with Gasteiger partial charge in [-0.25, -0.2) is 9.97 Å². The maximum absolute atomic E-state index is 12.5. The number of hydrogen-bond donors (Lipinski definition) is 0. The molecule has 2 aromatic heterocycles. The molecule has 0 bridgehead atoms. The Morgan fingerprint density at radius 3 is 2.79 bits per heavy atom. The van der Waals surface area contributed by atoms with Gasteiger partial charge in [-0.05, 0) is 23.8 Å². The fourth-order valence-electron chi connectivity index (χ4n) is 2.91. The van der Waals surface area contributed by atoms with Gasteiger partial charge in [0.1, 0.15) is 0 Å². The average Bonchev–Trinajstić information content (AvgIpc) is 3.05. The molecule has 1 atom stereocenters. The summed E-state index contributed by atoms with van der Waals surface area (Å²) in [6.07, 6.45) is 5.11. The Labute approximate surface area is 141 Å². The molecule has 1 aliphatic rings. The van der Waals surface area contributed by atoms with Gasteiger partial charge < -0.3 is 9.42 Å². The van der Waals surface area contributed by atoms with Crippen LogP contribution in [-0.2, 0) is 11.2 Å². The summed E-state index contributed by atoms with van der Waals surface area (Å²) in [5.74, 6) is 1.99. The molecule has 3 rings (SSSR count). The third-order valence-corrected chi connectivity index (χ3v) is 4.90. The monoisotopic (exact) mass is 329 g/mol. The Balaban J connectivity index is 1.56. The standard InChI is InChI=1S/C17H23N5O2/c1-12-7-10-22(11-17(12,2)3)14(23)6-5-13-20-16(21-24-13)15-18-8-4-9-19-15/h4,8-9,12H,5-7,10-11H2,1-3H3. The summed E-state index contributed by atoms with van der Waals surface area (Å²) in [5.41, 5.74) is 0.163. The number of rotatable bonds is 4. The van der Waals surface area contributed by atoms with Crippen molar-refractivity contribution in [3.05, 3.63) is 24.4 Å². The van der Waals surface area contributed by atoms with Crippen LogP contribution < -0.4 is 0 Å². The minimum Gasteiger partial charge on any atom is -0.342 e. The van der Waals surface area contributed by atoms with E-state index in [2.05, 4.69) is 40.9 Å². The maximum Gasteiger partial charge on any atom is 0.240 e. The number of piperidine rings is 1. The summed E-state index contributed by atoms with van der Waals surface area (Å²) in [7, 11) is 0. The molecule has 1 saturated heterocycles. The fraction of sp³-hybridized carbons (Fsp3) is 0.588. The number of carbonyl (C=O) groups is 1. The average molecular weight is 329 g/mol. The van der Waals surface area contributed by atoms with Gasteiger partial charge in [-0.2, -0.15) is 4.98 Å². The van der Waals surface area contributed by atoms with E-state index in [4.69, 9.17) is 4.52 Å². The van der Waals surface area contributed by atoms with E-state index < -0.39 is 0 Å². The summed E-state index contributed by atoms with van der Waals surface area (Å²) in [5, 5.41) is 3.87. The molecule has 0 saturated carbocycles. The summed E-state index contributed by atoms with van der Waals surface area (Å²) < 4.78 is 5.20. The van der Waals surface area contributed by atoms with Gasteiger partial charge in [0.15, 0.2) is 0 Å². The highest BCUT2D eigenvalue weighted by molar-refractivity contribution is 5.76. The van der Waals surface area contributed by atoms with E-state index in [0.717, 1.165) is 19.5 Å². The van der Waals surface area contributed by atoms with Crippen LogP contribution >= 0.6 is 0 Å². The molecule has 1 unspecified atom stereocenters. The van der Waals surface area contributed by atoms with E-state index in [1.54, 1.807) is 18.5 Å². The van der Waals surface area contributed by atoms with Crippen molar-refractivity contribution in [1.82, 2.24) is 25.0 Å². The zero-order valence-corrected chi connectivity index (χ0v) is 14.4. The molecule has 0 spiro atoms. The number of nitrogens with zero attached hydrogens (tertiary/aromatic N) is 5. The van der Waals surface area contributed by atoms with Gasteiger partial charge in [-0.3, -0.25) is 4.79 Å². The highest BCUT2D eigenvalue weighted by atomic mass is 16.5. The molecule has 24 heavy (non-hydrogen) atoms. The summed E-state index contributed by atoms with van der Waals surface area (Å²) in [6.45, 7) is 8.34. The van der Waals surface area contributed by atoms with Gasteiger partial charge >= 0.3 is 0 Å². The van der Waals surface area contributed by atoms with Crippen LogP contribution in [0.3, 0.4) is 0 Å². The van der Waals surface area contributed by atoms with Crippen LogP contribution in [0.1, 0.15) is 39.5 Å². The third-order valence-electron chi connectivity index (χ3n) is 4.90. The molecule has 0 aliphatic carbocycles. The van der Waals surface area contributed by atoms with Crippen LogP contribution in [0.15, 0.2) is 23.0 Å². The minimum absolute atomic E-state index is 0.144. The van der Waals surface area contributed by atoms with Crippen molar-refractivity contribution in [2.24, 2.45) is 11.3 Å². The zero-order valence-electron chi connectivity index (χ0n) is 14.4. The Hall–Kier alpha value is -2.31. The Kier molecular flexibility index (Phi) is 4.59. The van der Waals surface area contributed by atoms with Crippen LogP contribution in [0.2, 0.25) is 0 Å². The third kappa shape index (κ3) is 3.60. The molecule has 2 aromatic rings. The molecule has 0 radical (unpaired) electrons. The van der Waals surface area contributed by atoms with Crippen molar-refractivity contribution >= 4 is 5.91 Å². The van der Waals surface area contributed by atoms with Crippen LogP contribution in [0, 0.1) is 11.3 Å². The fourth-order valence-corrected chi connectivity index (χ4v) is 2.91. The predicted octanol–water partition coefficient (Wildman–Crippen LogP) is 2.35. The molecule has 3 heterocycles. The largest absolute Gasteiger partial charge is 0.342 e. The summed E-state index contributed by atoms with van der Waals surface area (Å²) in [6, 6.07) is 1.73. The number of carbonyl (C=O) groups excluding carboxylic acids is 1. The first-order valence-electron chi connectivity index (χ1n) is 8.33. The molecule has 0 N–H and O–H groups in total. The first-order valence-corrected chi connectivity index (χ1v) is 8.33. The molecule has 1 amide bonds. The lowest BCUT2D eigenvalue weighted by Crippen LogP contribution is -2.47. The normalized spacial score (nSPS) is 20.1. The van der Waals surface area contributed by atoms with Crippen molar-refractivity contribution in [2.75, 3.05) is 13.1 Å². The van der Waals surface area contributed by atoms with E-state index >= 15 is 0 Å². The second kappa shape index (κ2) is 6.67. The molecule has 7 heteroatoms. The van der Waals surface area contributed by atoms with Crippen molar-refractivity contribution in [2.45, 2.75) is 40.0 Å². The Morgan fingerprint density at radius 2 is 2.08 bits per heavy atom. The Morgan fingerprint density at radius 1 is 1.33 bits per heavy atom. The van der Waals surface area contributed by atoms with Gasteiger partial charge in [-0.15, -0.1) is 0 Å². The zero-order chi connectivity index (χ0) is 17.2. The number of aromatic nitrogens is 4. The lowest BCUT2D eigenvalue weighted by molar-refractivity contribution is -0.135. The van der Waals surface area contributed by atoms with Crippen molar-refractivity contribution in [3.8, 4) is 11.6 Å². The van der Waals surface area contributed by atoms with Crippen LogP contribution in [0.5, 0.6) is 0 Å². The Bertz CT molecular complexity index is 698. The van der Waals surface area contributed by atoms with Crippen molar-refractivity contribution in [1.29, 1.82) is 0 Å². The van der Waals surface area contributed by atoms with Gasteiger partial charge in [0.2, 0.25) is 23.4 Å². The molecular weight excluding hydrogens is 306 g/mol. The van der Waals surface area contributed by atoms with Gasteiger partial charge in [-0.1, -0.05) is 25.9 Å². The van der Waals surface area contributed by atoms with Crippen molar-refractivity contribution < 1.29 is 9.32 Å². The molecule has 1 fully saturated rings. The highest BCUT2D eigenvalue weighted by Gasteiger charge is 2.34. The van der Waals surface area contributed by atoms with E-state index in [9.17, 15) is 4.79 Å². The van der Waals surface area contributed by atoms with Crippen LogP contribution in [0.4, 0.5) is 0 Å². The SMILES string of the molecule is CC1CCN(C(=O)CCc2nc(-c3ncccn3)no2)CC1(C)C. The van der Waals surface area contributed by atoms with Crippen LogP contribution in [0.25, 0.3) is 11.6 Å². The minimum atomic E-state index is 0.144. The summed E-state index contributed by atoms with van der Waals surface area (Å²) >= 11 is 0. The smallest absolute Gasteiger partial charge is 0.240 e. The first-order chi connectivity index (χ1) is 11.5. The van der Waals surface area contributed by atoms with Gasteiger partial charge in [0.05, 0.1) is 0 Å². The number of likely N-dealkylation sites (tertiary alicyclic amines) is 1. The number of hydrogen-bond acceptors (Lipinski definition) is 6. The molecule has 128 valence electrons. The number of amides is 1.